The van der Waals surface area contributed by atoms with Crippen molar-refractivity contribution in [2.24, 2.45) is 0 Å². The quantitative estimate of drug-likeness (QED) is 0.424. The monoisotopic (exact) mass is 480 g/mol. The molecule has 0 radical (unpaired) electrons. The average Bonchev–Trinajstić information content (AvgIpc) is 2.87. The maximum absolute atomic E-state index is 13.9. The Balaban J connectivity index is 1.84. The Kier molecular flexibility index (Phi) is 7.16. The molecule has 0 saturated carbocycles. The molecule has 2 aromatic heterocycles. The van der Waals surface area contributed by atoms with Gasteiger partial charge in [-0.05, 0) is 38.1 Å². The van der Waals surface area contributed by atoms with Crippen molar-refractivity contribution in [1.29, 1.82) is 0 Å². The van der Waals surface area contributed by atoms with Crippen molar-refractivity contribution < 1.29 is 9.59 Å². The molecule has 0 spiro atoms. The number of amides is 2. The van der Waals surface area contributed by atoms with Crippen LogP contribution in [0.1, 0.15) is 47.5 Å². The van der Waals surface area contributed by atoms with E-state index in [9.17, 15) is 14.4 Å². The number of nitrogens with one attached hydrogen (secondary N) is 2. The third kappa shape index (κ3) is 5.13. The van der Waals surface area contributed by atoms with Crippen LogP contribution in [0.3, 0.4) is 0 Å². The second kappa shape index (κ2) is 10.6. The molecule has 0 fully saturated rings. The summed E-state index contributed by atoms with van der Waals surface area (Å²) in [7, 11) is 0. The normalized spacial score (nSPS) is 11.3. The number of aryl methyl sites for hydroxylation is 1. The standard InChI is InChI=1S/C27H24N6O3/c1-17-24(30-16-15-28-17)26(35)31-18(2)25-32-22-13-7-9-20(10-8-14-29-19(3)34)23(22)27(36)33(25)21-11-5-4-6-12-21/h4-7,9,11-13,15-16,18H,14H2,1-3H3,(H,29,34)(H,31,35). The predicted octanol–water partition coefficient (Wildman–Crippen LogP) is 2.46. The van der Waals surface area contributed by atoms with E-state index in [2.05, 4.69) is 32.4 Å². The number of benzene rings is 2. The zero-order valence-electron chi connectivity index (χ0n) is 20.1. The first-order chi connectivity index (χ1) is 17.4. The van der Waals surface area contributed by atoms with Crippen LogP contribution in [-0.4, -0.2) is 37.9 Å². The van der Waals surface area contributed by atoms with Crippen molar-refractivity contribution in [3.63, 3.8) is 0 Å². The molecule has 1 unspecified atom stereocenters. The van der Waals surface area contributed by atoms with E-state index < -0.39 is 11.9 Å². The highest BCUT2D eigenvalue weighted by Gasteiger charge is 2.22. The van der Waals surface area contributed by atoms with Gasteiger partial charge >= 0.3 is 0 Å². The number of rotatable bonds is 5. The largest absolute Gasteiger partial charge is 0.345 e. The van der Waals surface area contributed by atoms with Gasteiger partial charge in [0.25, 0.3) is 11.5 Å². The number of para-hydroxylation sites is 1. The van der Waals surface area contributed by atoms with Crippen LogP contribution in [0.4, 0.5) is 0 Å². The van der Waals surface area contributed by atoms with Crippen LogP contribution in [0.25, 0.3) is 16.6 Å². The molecule has 0 aliphatic carbocycles. The lowest BCUT2D eigenvalue weighted by atomic mass is 10.1. The average molecular weight is 481 g/mol. The van der Waals surface area contributed by atoms with Crippen LogP contribution in [0.15, 0.2) is 65.7 Å². The van der Waals surface area contributed by atoms with E-state index in [4.69, 9.17) is 4.98 Å². The third-order valence-electron chi connectivity index (χ3n) is 5.42. The van der Waals surface area contributed by atoms with E-state index in [1.54, 1.807) is 44.2 Å². The van der Waals surface area contributed by atoms with Gasteiger partial charge in [0.15, 0.2) is 0 Å². The fourth-order valence-corrected chi connectivity index (χ4v) is 3.74. The lowest BCUT2D eigenvalue weighted by molar-refractivity contribution is -0.118. The predicted molar refractivity (Wildman–Crippen MR) is 136 cm³/mol. The summed E-state index contributed by atoms with van der Waals surface area (Å²) in [5, 5.41) is 5.86. The molecule has 180 valence electrons. The molecule has 1 atom stereocenters. The number of hydrogen-bond acceptors (Lipinski definition) is 6. The Hall–Kier alpha value is -4.84. The van der Waals surface area contributed by atoms with E-state index in [1.165, 1.54) is 23.9 Å². The molecule has 0 saturated heterocycles. The minimum Gasteiger partial charge on any atom is -0.345 e. The number of aromatic nitrogens is 4. The van der Waals surface area contributed by atoms with Crippen molar-refractivity contribution >= 4 is 22.7 Å². The second-order valence-electron chi connectivity index (χ2n) is 8.04. The van der Waals surface area contributed by atoms with Crippen LogP contribution >= 0.6 is 0 Å². The molecule has 2 heterocycles. The first-order valence-electron chi connectivity index (χ1n) is 11.3. The Labute approximate surface area is 207 Å². The van der Waals surface area contributed by atoms with Crippen LogP contribution in [0.5, 0.6) is 0 Å². The summed E-state index contributed by atoms with van der Waals surface area (Å²) in [6, 6.07) is 13.7. The first kappa shape index (κ1) is 24.3. The minimum atomic E-state index is -0.634. The van der Waals surface area contributed by atoms with Gasteiger partial charge in [0.05, 0.1) is 34.9 Å². The van der Waals surface area contributed by atoms with Gasteiger partial charge in [-0.2, -0.15) is 0 Å². The van der Waals surface area contributed by atoms with Crippen LogP contribution in [0, 0.1) is 18.8 Å². The molecule has 9 heteroatoms. The van der Waals surface area contributed by atoms with Gasteiger partial charge in [-0.1, -0.05) is 36.1 Å². The molecule has 0 aliphatic rings. The maximum atomic E-state index is 13.9. The van der Waals surface area contributed by atoms with Crippen LogP contribution in [-0.2, 0) is 4.79 Å². The van der Waals surface area contributed by atoms with E-state index >= 15 is 0 Å². The molecule has 2 aromatic carbocycles. The maximum Gasteiger partial charge on any atom is 0.272 e. The highest BCUT2D eigenvalue weighted by atomic mass is 16.2. The number of fused-ring (bicyclic) bond motifs is 1. The summed E-state index contributed by atoms with van der Waals surface area (Å²) in [5.74, 6) is 5.59. The van der Waals surface area contributed by atoms with Gasteiger partial charge in [0.1, 0.15) is 11.5 Å². The minimum absolute atomic E-state index is 0.162. The summed E-state index contributed by atoms with van der Waals surface area (Å²) >= 11 is 0. The molecular weight excluding hydrogens is 456 g/mol. The molecule has 0 aliphatic heterocycles. The van der Waals surface area contributed by atoms with E-state index in [-0.39, 0.29) is 23.7 Å². The van der Waals surface area contributed by atoms with Crippen molar-refractivity contribution in [2.75, 3.05) is 6.54 Å². The van der Waals surface area contributed by atoms with E-state index in [1.807, 2.05) is 18.2 Å². The number of carbonyl (C=O) groups is 2. The topological polar surface area (TPSA) is 119 Å². The van der Waals surface area contributed by atoms with Gasteiger partial charge in [-0.15, -0.1) is 0 Å². The van der Waals surface area contributed by atoms with Crippen molar-refractivity contribution in [3.8, 4) is 17.5 Å². The molecular formula is C27H24N6O3. The summed E-state index contributed by atoms with van der Waals surface area (Å²) in [6.07, 6.45) is 2.97. The highest BCUT2D eigenvalue weighted by Crippen LogP contribution is 2.20. The Morgan fingerprint density at radius 3 is 2.53 bits per heavy atom. The fourth-order valence-electron chi connectivity index (χ4n) is 3.74. The molecule has 9 nitrogen and oxygen atoms in total. The molecule has 2 N–H and O–H groups in total. The third-order valence-corrected chi connectivity index (χ3v) is 5.42. The van der Waals surface area contributed by atoms with Gasteiger partial charge in [0.2, 0.25) is 5.91 Å². The number of hydrogen-bond donors (Lipinski definition) is 2. The SMILES string of the molecule is CC(=O)NCC#Cc1cccc2nc(C(C)NC(=O)c3nccnc3C)n(-c3ccccc3)c(=O)c12. The van der Waals surface area contributed by atoms with E-state index in [0.717, 1.165) is 0 Å². The second-order valence-corrected chi connectivity index (χ2v) is 8.04. The number of carbonyl (C=O) groups excluding carboxylic acids is 2. The fraction of sp³-hybridized carbons (Fsp3) is 0.185. The summed E-state index contributed by atoms with van der Waals surface area (Å²) in [5.41, 5.74) is 1.93. The zero-order chi connectivity index (χ0) is 25.7. The summed E-state index contributed by atoms with van der Waals surface area (Å²) in [4.78, 5) is 50.9. The summed E-state index contributed by atoms with van der Waals surface area (Å²) in [6.45, 7) is 5.03. The van der Waals surface area contributed by atoms with Gasteiger partial charge in [-0.25, -0.2) is 9.97 Å². The number of nitrogens with zero attached hydrogens (tertiary/aromatic N) is 4. The van der Waals surface area contributed by atoms with Gasteiger partial charge in [0, 0.05) is 24.9 Å². The summed E-state index contributed by atoms with van der Waals surface area (Å²) < 4.78 is 1.48. The van der Waals surface area contributed by atoms with Crippen molar-refractivity contribution in [3.05, 3.63) is 94.1 Å². The molecule has 2 amide bonds. The first-order valence-corrected chi connectivity index (χ1v) is 11.3. The van der Waals surface area contributed by atoms with E-state index in [0.29, 0.717) is 33.7 Å². The molecule has 4 rings (SSSR count). The molecule has 0 bridgehead atoms. The smallest absolute Gasteiger partial charge is 0.272 e. The van der Waals surface area contributed by atoms with Crippen LogP contribution in [0.2, 0.25) is 0 Å². The Bertz CT molecular complexity index is 1570. The Morgan fingerprint density at radius 2 is 1.81 bits per heavy atom. The van der Waals surface area contributed by atoms with Gasteiger partial charge < -0.3 is 10.6 Å². The van der Waals surface area contributed by atoms with Crippen LogP contribution < -0.4 is 16.2 Å². The van der Waals surface area contributed by atoms with Crippen molar-refractivity contribution in [2.45, 2.75) is 26.8 Å². The Morgan fingerprint density at radius 1 is 1.06 bits per heavy atom. The lowest BCUT2D eigenvalue weighted by Gasteiger charge is -2.20. The molecule has 4 aromatic rings. The lowest BCUT2D eigenvalue weighted by Crippen LogP contribution is -2.34. The highest BCUT2D eigenvalue weighted by molar-refractivity contribution is 5.93. The zero-order valence-corrected chi connectivity index (χ0v) is 20.1. The van der Waals surface area contributed by atoms with Crippen molar-refractivity contribution in [1.82, 2.24) is 30.2 Å². The molecule has 36 heavy (non-hydrogen) atoms. The van der Waals surface area contributed by atoms with Gasteiger partial charge in [-0.3, -0.25) is 23.9 Å².